The van der Waals surface area contributed by atoms with Crippen LogP contribution in [0.1, 0.15) is 32.8 Å². The molecule has 3 aromatic carbocycles. The molecule has 0 heterocycles. The molecule has 0 unspecified atom stereocenters. The van der Waals surface area contributed by atoms with Gasteiger partial charge in [0.15, 0.2) is 0 Å². The maximum Gasteiger partial charge on any atom is 0.271 e. The lowest BCUT2D eigenvalue weighted by Crippen LogP contribution is -2.52. The molecule has 0 spiro atoms. The summed E-state index contributed by atoms with van der Waals surface area (Å²) in [5, 5.41) is 14.3. The highest BCUT2D eigenvalue weighted by Crippen LogP contribution is 2.27. The highest BCUT2D eigenvalue weighted by Gasteiger charge is 2.33. The smallest absolute Gasteiger partial charge is 0.271 e. The Bertz CT molecular complexity index is 1450. The second-order valence-electron chi connectivity index (χ2n) is 9.24. The average Bonchev–Trinajstić information content (AvgIpc) is 2.95. The van der Waals surface area contributed by atoms with Gasteiger partial charge in [-0.15, -0.1) is 0 Å². The van der Waals surface area contributed by atoms with Gasteiger partial charge in [0, 0.05) is 29.2 Å². The number of nitro groups is 1. The van der Waals surface area contributed by atoms with E-state index < -0.39 is 33.4 Å². The van der Waals surface area contributed by atoms with E-state index in [0.717, 1.165) is 20.4 Å². The normalized spacial score (nSPS) is 12.7. The molecule has 12 heteroatoms. The van der Waals surface area contributed by atoms with Crippen LogP contribution in [0.25, 0.3) is 0 Å². The summed E-state index contributed by atoms with van der Waals surface area (Å²) >= 11 is 3.38. The summed E-state index contributed by atoms with van der Waals surface area (Å²) in [6.45, 7) is 4.71. The predicted octanol–water partition coefficient (Wildman–Crippen LogP) is 4.88. The minimum absolute atomic E-state index is 0.0371. The Balaban J connectivity index is 2.05. The number of nitrogens with one attached hydrogen (secondary N) is 1. The Morgan fingerprint density at radius 1 is 1.00 bits per heavy atom. The Labute approximate surface area is 242 Å². The molecule has 0 saturated carbocycles. The van der Waals surface area contributed by atoms with Crippen molar-refractivity contribution in [2.24, 2.45) is 0 Å². The molecule has 0 radical (unpaired) electrons. The molecule has 0 aromatic heterocycles. The molecule has 212 valence electrons. The standard InChI is InChI=1S/C28H31BrN4O6S/c1-4-20(2)30-28(35)21(3)31(18-22-13-15-23(29)16-14-22)27(34)19-32(24-9-8-10-25(17-24)33(36)37)40(38,39)26-11-6-5-7-12-26/h5-17,20-21H,4,18-19H2,1-3H3,(H,30,35)/t20-,21-/m0/s1. The van der Waals surface area contributed by atoms with Gasteiger partial charge in [-0.05, 0) is 56.2 Å². The summed E-state index contributed by atoms with van der Waals surface area (Å²) in [4.78, 5) is 39.0. The largest absolute Gasteiger partial charge is 0.352 e. The van der Waals surface area contributed by atoms with Crippen molar-refractivity contribution in [1.82, 2.24) is 10.2 Å². The molecule has 0 bridgehead atoms. The number of nitro benzene ring substituents is 1. The van der Waals surface area contributed by atoms with Crippen LogP contribution < -0.4 is 9.62 Å². The second kappa shape index (κ2) is 13.5. The van der Waals surface area contributed by atoms with Gasteiger partial charge in [-0.25, -0.2) is 8.42 Å². The SMILES string of the molecule is CC[C@H](C)NC(=O)[C@H](C)N(Cc1ccc(Br)cc1)C(=O)CN(c1cccc([N+](=O)[O-])c1)S(=O)(=O)c1ccccc1. The van der Waals surface area contributed by atoms with Gasteiger partial charge in [0.25, 0.3) is 15.7 Å². The maximum atomic E-state index is 13.9. The van der Waals surface area contributed by atoms with Crippen LogP contribution in [-0.2, 0) is 26.2 Å². The molecule has 1 N–H and O–H groups in total. The zero-order valence-electron chi connectivity index (χ0n) is 22.4. The van der Waals surface area contributed by atoms with Gasteiger partial charge in [0.05, 0.1) is 15.5 Å². The average molecular weight is 632 g/mol. The van der Waals surface area contributed by atoms with Crippen LogP contribution in [0, 0.1) is 10.1 Å². The van der Waals surface area contributed by atoms with E-state index >= 15 is 0 Å². The quantitative estimate of drug-likeness (QED) is 0.224. The predicted molar refractivity (Wildman–Crippen MR) is 156 cm³/mol. The third kappa shape index (κ3) is 7.66. The van der Waals surface area contributed by atoms with Crippen LogP contribution in [0.2, 0.25) is 0 Å². The first-order valence-corrected chi connectivity index (χ1v) is 14.8. The lowest BCUT2D eigenvalue weighted by atomic mass is 10.1. The fourth-order valence-electron chi connectivity index (χ4n) is 3.84. The number of halogens is 1. The number of hydrogen-bond acceptors (Lipinski definition) is 6. The molecular formula is C28H31BrN4O6S. The topological polar surface area (TPSA) is 130 Å². The molecule has 2 amide bonds. The molecule has 3 rings (SSSR count). The van der Waals surface area contributed by atoms with Crippen molar-refractivity contribution in [3.8, 4) is 0 Å². The van der Waals surface area contributed by atoms with Gasteiger partial charge in [-0.1, -0.05) is 59.3 Å². The highest BCUT2D eigenvalue weighted by atomic mass is 79.9. The molecule has 0 fully saturated rings. The van der Waals surface area contributed by atoms with Crippen LogP contribution in [0.4, 0.5) is 11.4 Å². The van der Waals surface area contributed by atoms with E-state index in [0.29, 0.717) is 6.42 Å². The molecule has 0 aliphatic carbocycles. The fourth-order valence-corrected chi connectivity index (χ4v) is 5.54. The first-order chi connectivity index (χ1) is 18.9. The van der Waals surface area contributed by atoms with Crippen molar-refractivity contribution in [1.29, 1.82) is 0 Å². The molecule has 3 aromatic rings. The Kier molecular flexibility index (Phi) is 10.4. The van der Waals surface area contributed by atoms with E-state index in [2.05, 4.69) is 21.2 Å². The number of carbonyl (C=O) groups is 2. The molecule has 40 heavy (non-hydrogen) atoms. The van der Waals surface area contributed by atoms with Crippen LogP contribution in [0.15, 0.2) is 88.2 Å². The molecular weight excluding hydrogens is 600 g/mol. The third-order valence-electron chi connectivity index (χ3n) is 6.37. The van der Waals surface area contributed by atoms with Crippen molar-refractivity contribution in [2.45, 2.75) is 50.7 Å². The van der Waals surface area contributed by atoms with Gasteiger partial charge in [0.2, 0.25) is 11.8 Å². The van der Waals surface area contributed by atoms with Crippen LogP contribution >= 0.6 is 15.9 Å². The number of nitrogens with zero attached hydrogens (tertiary/aromatic N) is 3. The van der Waals surface area contributed by atoms with E-state index in [-0.39, 0.29) is 34.8 Å². The Morgan fingerprint density at radius 2 is 1.65 bits per heavy atom. The van der Waals surface area contributed by atoms with Crippen LogP contribution in [0.5, 0.6) is 0 Å². The fraction of sp³-hybridized carbons (Fsp3) is 0.286. The van der Waals surface area contributed by atoms with E-state index in [9.17, 15) is 28.1 Å². The zero-order valence-corrected chi connectivity index (χ0v) is 24.8. The number of rotatable bonds is 12. The van der Waals surface area contributed by atoms with E-state index in [4.69, 9.17) is 0 Å². The van der Waals surface area contributed by atoms with Crippen molar-refractivity contribution in [3.63, 3.8) is 0 Å². The van der Waals surface area contributed by atoms with Gasteiger partial charge in [0.1, 0.15) is 12.6 Å². The number of carbonyl (C=O) groups excluding carboxylic acids is 2. The van der Waals surface area contributed by atoms with Crippen LogP contribution in [-0.4, -0.2) is 48.7 Å². The number of amides is 2. The summed E-state index contributed by atoms with van der Waals surface area (Å²) in [6, 6.07) is 18.7. The summed E-state index contributed by atoms with van der Waals surface area (Å²) in [6.07, 6.45) is 0.689. The Hall–Kier alpha value is -3.77. The number of sulfonamides is 1. The van der Waals surface area contributed by atoms with Crippen molar-refractivity contribution >= 4 is 49.1 Å². The van der Waals surface area contributed by atoms with Crippen LogP contribution in [0.3, 0.4) is 0 Å². The monoisotopic (exact) mass is 630 g/mol. The maximum absolute atomic E-state index is 13.9. The minimum atomic E-state index is -4.32. The third-order valence-corrected chi connectivity index (χ3v) is 8.69. The number of benzene rings is 3. The Morgan fingerprint density at radius 3 is 2.25 bits per heavy atom. The first-order valence-electron chi connectivity index (χ1n) is 12.6. The molecule has 10 nitrogen and oxygen atoms in total. The summed E-state index contributed by atoms with van der Waals surface area (Å²) in [5.74, 6) is -1.03. The second-order valence-corrected chi connectivity index (χ2v) is 12.0. The van der Waals surface area contributed by atoms with Crippen molar-refractivity contribution < 1.29 is 22.9 Å². The summed E-state index contributed by atoms with van der Waals surface area (Å²) in [7, 11) is -4.32. The summed E-state index contributed by atoms with van der Waals surface area (Å²) < 4.78 is 29.2. The lowest BCUT2D eigenvalue weighted by molar-refractivity contribution is -0.384. The van der Waals surface area contributed by atoms with Crippen molar-refractivity contribution in [3.05, 3.63) is 99.0 Å². The van der Waals surface area contributed by atoms with Gasteiger partial charge in [-0.3, -0.25) is 24.0 Å². The zero-order chi connectivity index (χ0) is 29.4. The highest BCUT2D eigenvalue weighted by molar-refractivity contribution is 9.10. The first kappa shape index (κ1) is 30.8. The van der Waals surface area contributed by atoms with Crippen molar-refractivity contribution in [2.75, 3.05) is 10.8 Å². The van der Waals surface area contributed by atoms with Gasteiger partial charge < -0.3 is 10.2 Å². The number of non-ortho nitro benzene ring substituents is 1. The summed E-state index contributed by atoms with van der Waals surface area (Å²) in [5.41, 5.74) is 0.352. The molecule has 0 aliphatic rings. The van der Waals surface area contributed by atoms with E-state index in [1.807, 2.05) is 13.8 Å². The van der Waals surface area contributed by atoms with E-state index in [1.165, 1.54) is 35.2 Å². The van der Waals surface area contributed by atoms with E-state index in [1.54, 1.807) is 49.4 Å². The van der Waals surface area contributed by atoms with Gasteiger partial charge in [-0.2, -0.15) is 0 Å². The lowest BCUT2D eigenvalue weighted by Gasteiger charge is -2.32. The number of anilines is 1. The molecule has 2 atom stereocenters. The van der Waals surface area contributed by atoms with Gasteiger partial charge >= 0.3 is 0 Å². The molecule has 0 aliphatic heterocycles. The number of hydrogen-bond donors (Lipinski definition) is 1. The molecule has 0 saturated heterocycles. The minimum Gasteiger partial charge on any atom is -0.352 e.